The van der Waals surface area contributed by atoms with Crippen LogP contribution < -0.4 is 0 Å². The summed E-state index contributed by atoms with van der Waals surface area (Å²) in [5.41, 5.74) is 0.885. The van der Waals surface area contributed by atoms with Crippen LogP contribution in [0.2, 0.25) is 0 Å². The van der Waals surface area contributed by atoms with Crippen molar-refractivity contribution in [3.8, 4) is 0 Å². The van der Waals surface area contributed by atoms with Crippen LogP contribution in [-0.2, 0) is 4.74 Å². The molecular formula is C25H34N2O5. The number of ether oxygens (including phenoxy) is 1. The van der Waals surface area contributed by atoms with E-state index in [4.69, 9.17) is 4.74 Å². The number of carboxylic acid groups (broad SMARTS) is 1. The summed E-state index contributed by atoms with van der Waals surface area (Å²) in [7, 11) is 0. The Morgan fingerprint density at radius 2 is 1.59 bits per heavy atom. The third kappa shape index (κ3) is 4.53. The summed E-state index contributed by atoms with van der Waals surface area (Å²) in [4.78, 5) is 39.9. The number of hydrogen-bond donors (Lipinski definition) is 1. The number of carbonyl (C=O) groups is 3. The maximum absolute atomic E-state index is 12.6. The number of imide groups is 1. The van der Waals surface area contributed by atoms with Gasteiger partial charge in [0, 0.05) is 19.1 Å². The SMILES string of the molecule is CC(C)(C)C1CC(O[C@H]2CC[C@H](CN3C(=O)c4ccccc4C3=O)CC2)CCN1C(=O)O. The maximum atomic E-state index is 12.6. The monoisotopic (exact) mass is 442 g/mol. The average Bonchev–Trinajstić information content (AvgIpc) is 2.99. The number of rotatable bonds is 4. The van der Waals surface area contributed by atoms with E-state index in [1.807, 2.05) is 0 Å². The van der Waals surface area contributed by atoms with Gasteiger partial charge in [-0.1, -0.05) is 32.9 Å². The normalized spacial score (nSPS) is 28.7. The van der Waals surface area contributed by atoms with Crippen LogP contribution >= 0.6 is 0 Å². The minimum absolute atomic E-state index is 0.0519. The molecule has 2 heterocycles. The minimum Gasteiger partial charge on any atom is -0.465 e. The minimum atomic E-state index is -0.850. The molecule has 0 bridgehead atoms. The van der Waals surface area contributed by atoms with Gasteiger partial charge in [0.2, 0.25) is 0 Å². The van der Waals surface area contributed by atoms with Gasteiger partial charge in [0.25, 0.3) is 11.8 Å². The molecule has 1 saturated carbocycles. The van der Waals surface area contributed by atoms with E-state index in [0.717, 1.165) is 38.5 Å². The van der Waals surface area contributed by atoms with Gasteiger partial charge < -0.3 is 14.7 Å². The fraction of sp³-hybridized carbons (Fsp3) is 0.640. The number of amides is 3. The number of hydrogen-bond acceptors (Lipinski definition) is 4. The van der Waals surface area contributed by atoms with Gasteiger partial charge in [-0.2, -0.15) is 0 Å². The largest absolute Gasteiger partial charge is 0.465 e. The topological polar surface area (TPSA) is 87.2 Å². The zero-order valence-electron chi connectivity index (χ0n) is 19.3. The first kappa shape index (κ1) is 22.8. The molecule has 174 valence electrons. The van der Waals surface area contributed by atoms with Crippen molar-refractivity contribution in [1.82, 2.24) is 9.80 Å². The summed E-state index contributed by atoms with van der Waals surface area (Å²) in [6, 6.07) is 6.98. The van der Waals surface area contributed by atoms with Crippen molar-refractivity contribution >= 4 is 17.9 Å². The zero-order valence-corrected chi connectivity index (χ0v) is 19.3. The highest BCUT2D eigenvalue weighted by Gasteiger charge is 2.41. The number of likely N-dealkylation sites (tertiary alicyclic amines) is 1. The van der Waals surface area contributed by atoms with Gasteiger partial charge in [-0.05, 0) is 62.0 Å². The lowest BCUT2D eigenvalue weighted by atomic mass is 9.79. The molecule has 1 aliphatic carbocycles. The highest BCUT2D eigenvalue weighted by Crippen LogP contribution is 2.36. The highest BCUT2D eigenvalue weighted by molar-refractivity contribution is 6.21. The van der Waals surface area contributed by atoms with E-state index in [0.29, 0.717) is 30.1 Å². The van der Waals surface area contributed by atoms with Crippen LogP contribution in [0.15, 0.2) is 24.3 Å². The second kappa shape index (κ2) is 8.85. The Morgan fingerprint density at radius 3 is 2.12 bits per heavy atom. The van der Waals surface area contributed by atoms with Gasteiger partial charge >= 0.3 is 6.09 Å². The lowest BCUT2D eigenvalue weighted by Crippen LogP contribution is -2.53. The highest BCUT2D eigenvalue weighted by atomic mass is 16.5. The Morgan fingerprint density at radius 1 is 1.00 bits per heavy atom. The molecule has 1 saturated heterocycles. The van der Waals surface area contributed by atoms with Gasteiger partial charge in [-0.25, -0.2) is 4.79 Å². The molecule has 1 aromatic rings. The van der Waals surface area contributed by atoms with Crippen LogP contribution in [0.25, 0.3) is 0 Å². The summed E-state index contributed by atoms with van der Waals surface area (Å²) in [6.07, 6.45) is 4.52. The molecule has 1 N–H and O–H groups in total. The lowest BCUT2D eigenvalue weighted by Gasteiger charge is -2.45. The van der Waals surface area contributed by atoms with Gasteiger partial charge in [0.05, 0.1) is 23.3 Å². The van der Waals surface area contributed by atoms with Crippen LogP contribution in [-0.4, -0.2) is 64.2 Å². The van der Waals surface area contributed by atoms with Gasteiger partial charge in [-0.15, -0.1) is 0 Å². The van der Waals surface area contributed by atoms with Crippen LogP contribution in [0, 0.1) is 11.3 Å². The smallest absolute Gasteiger partial charge is 0.407 e. The van der Waals surface area contributed by atoms with E-state index in [1.54, 1.807) is 29.2 Å². The van der Waals surface area contributed by atoms with Crippen LogP contribution in [0.1, 0.15) is 80.0 Å². The molecule has 32 heavy (non-hydrogen) atoms. The number of benzene rings is 1. The van der Waals surface area contributed by atoms with E-state index in [-0.39, 0.29) is 35.5 Å². The number of piperidine rings is 1. The first-order valence-electron chi connectivity index (χ1n) is 11.8. The summed E-state index contributed by atoms with van der Waals surface area (Å²) < 4.78 is 6.43. The van der Waals surface area contributed by atoms with Crippen LogP contribution in [0.3, 0.4) is 0 Å². The van der Waals surface area contributed by atoms with E-state index in [1.165, 1.54) is 4.90 Å². The zero-order chi connectivity index (χ0) is 23.0. The maximum Gasteiger partial charge on any atom is 0.407 e. The number of carbonyl (C=O) groups excluding carboxylic acids is 2. The molecular weight excluding hydrogens is 408 g/mol. The quantitative estimate of drug-likeness (QED) is 0.698. The molecule has 2 unspecified atom stereocenters. The van der Waals surface area contributed by atoms with Gasteiger partial charge in [0.15, 0.2) is 0 Å². The Bertz CT molecular complexity index is 850. The molecule has 3 amide bonds. The summed E-state index contributed by atoms with van der Waals surface area (Å²) in [6.45, 7) is 7.24. The molecule has 3 aliphatic rings. The van der Waals surface area contributed by atoms with Crippen molar-refractivity contribution < 1.29 is 24.2 Å². The second-order valence-corrected chi connectivity index (χ2v) is 10.5. The van der Waals surface area contributed by atoms with E-state index in [9.17, 15) is 19.5 Å². The summed E-state index contributed by atoms with van der Waals surface area (Å²) in [5, 5.41) is 9.55. The van der Waals surface area contributed by atoms with Crippen molar-refractivity contribution in [1.29, 1.82) is 0 Å². The predicted octanol–water partition coefficient (Wildman–Crippen LogP) is 4.42. The van der Waals surface area contributed by atoms with Crippen molar-refractivity contribution in [3.63, 3.8) is 0 Å². The van der Waals surface area contributed by atoms with Crippen molar-refractivity contribution in [2.75, 3.05) is 13.1 Å². The Labute approximate surface area is 189 Å². The fourth-order valence-corrected chi connectivity index (χ4v) is 5.49. The Balaban J connectivity index is 1.28. The fourth-order valence-electron chi connectivity index (χ4n) is 5.49. The van der Waals surface area contributed by atoms with Crippen LogP contribution in [0.4, 0.5) is 4.79 Å². The predicted molar refractivity (Wildman–Crippen MR) is 120 cm³/mol. The van der Waals surface area contributed by atoms with E-state index >= 15 is 0 Å². The molecule has 2 fully saturated rings. The average molecular weight is 443 g/mol. The van der Waals surface area contributed by atoms with E-state index < -0.39 is 6.09 Å². The summed E-state index contributed by atoms with van der Waals surface area (Å²) in [5.74, 6) is -0.0574. The molecule has 2 atom stereocenters. The molecule has 0 spiro atoms. The Hall–Kier alpha value is -2.41. The second-order valence-electron chi connectivity index (χ2n) is 10.5. The molecule has 0 aromatic heterocycles. The molecule has 0 radical (unpaired) electrons. The van der Waals surface area contributed by atoms with Gasteiger partial charge in [-0.3, -0.25) is 14.5 Å². The third-order valence-electron chi connectivity index (χ3n) is 7.30. The lowest BCUT2D eigenvalue weighted by molar-refractivity contribution is -0.0822. The third-order valence-corrected chi connectivity index (χ3v) is 7.30. The first-order valence-corrected chi connectivity index (χ1v) is 11.8. The molecule has 7 heteroatoms. The molecule has 1 aromatic carbocycles. The first-order chi connectivity index (χ1) is 15.1. The van der Waals surface area contributed by atoms with Crippen molar-refractivity contribution in [2.24, 2.45) is 11.3 Å². The Kier molecular flexibility index (Phi) is 6.30. The molecule has 4 rings (SSSR count). The van der Waals surface area contributed by atoms with Crippen molar-refractivity contribution in [2.45, 2.75) is 77.5 Å². The van der Waals surface area contributed by atoms with Gasteiger partial charge in [0.1, 0.15) is 0 Å². The number of nitrogens with zero attached hydrogens (tertiary/aromatic N) is 2. The van der Waals surface area contributed by atoms with Crippen molar-refractivity contribution in [3.05, 3.63) is 35.4 Å². The molecule has 2 aliphatic heterocycles. The summed E-state index contributed by atoms with van der Waals surface area (Å²) >= 11 is 0. The number of fused-ring (bicyclic) bond motifs is 1. The van der Waals surface area contributed by atoms with Crippen LogP contribution in [0.5, 0.6) is 0 Å². The standard InChI is InChI=1S/C25H34N2O5/c1-25(2,3)21-14-18(12-13-26(21)24(30)31)32-17-10-8-16(9-11-17)15-27-22(28)19-6-4-5-7-20(19)23(27)29/h4-7,16-18,21H,8-15H2,1-3H3,(H,30,31)/t16-,17-,18?,21?. The van der Waals surface area contributed by atoms with E-state index in [2.05, 4.69) is 20.8 Å². The molecule has 7 nitrogen and oxygen atoms in total.